The SMILES string of the molecule is Cc1ccc(F)c(C(C)[C@H](N2CCc3ccc(Cl)cc3S2(=O)=O)n2ncoc2=O)c1C. The van der Waals surface area contributed by atoms with E-state index in [0.717, 1.165) is 16.6 Å². The highest BCUT2D eigenvalue weighted by Gasteiger charge is 2.42. The number of hydrogen-bond acceptors (Lipinski definition) is 5. The third-order valence-electron chi connectivity index (χ3n) is 5.91. The summed E-state index contributed by atoms with van der Waals surface area (Å²) in [7, 11) is -4.05. The van der Waals surface area contributed by atoms with Crippen molar-refractivity contribution in [3.63, 3.8) is 0 Å². The van der Waals surface area contributed by atoms with Crippen LogP contribution >= 0.6 is 11.6 Å². The molecule has 0 bridgehead atoms. The standard InChI is InChI=1S/C21H21ClFN3O4S/c1-12-4-7-17(23)19(13(12)2)14(3)20(26-21(27)30-11-24-26)25-9-8-15-5-6-16(22)10-18(15)31(25,28)29/h4-7,10-11,14,20H,8-9H2,1-3H3/t14?,20-/m1/s1. The molecule has 7 nitrogen and oxygen atoms in total. The van der Waals surface area contributed by atoms with Gasteiger partial charge in [0.2, 0.25) is 16.4 Å². The lowest BCUT2D eigenvalue weighted by molar-refractivity contribution is 0.183. The van der Waals surface area contributed by atoms with Crippen molar-refractivity contribution < 1.29 is 17.2 Å². The summed E-state index contributed by atoms with van der Waals surface area (Å²) in [6.45, 7) is 5.39. The Morgan fingerprint density at radius 1 is 1.23 bits per heavy atom. The molecule has 0 radical (unpaired) electrons. The van der Waals surface area contributed by atoms with E-state index in [9.17, 15) is 17.6 Å². The van der Waals surface area contributed by atoms with Crippen molar-refractivity contribution in [3.05, 3.63) is 80.4 Å². The monoisotopic (exact) mass is 465 g/mol. The fraction of sp³-hybridized carbons (Fsp3) is 0.333. The fourth-order valence-electron chi connectivity index (χ4n) is 4.22. The van der Waals surface area contributed by atoms with Gasteiger partial charge in [-0.15, -0.1) is 5.10 Å². The zero-order valence-corrected chi connectivity index (χ0v) is 18.7. The Kier molecular flexibility index (Phi) is 5.53. The maximum Gasteiger partial charge on any atom is 0.438 e. The predicted molar refractivity (Wildman–Crippen MR) is 113 cm³/mol. The Hall–Kier alpha value is -2.49. The molecule has 1 aliphatic rings. The van der Waals surface area contributed by atoms with E-state index in [-0.39, 0.29) is 16.5 Å². The van der Waals surface area contributed by atoms with Crippen LogP contribution in [0.25, 0.3) is 0 Å². The summed E-state index contributed by atoms with van der Waals surface area (Å²) in [5.41, 5.74) is 2.50. The van der Waals surface area contributed by atoms with Crippen LogP contribution in [-0.2, 0) is 16.4 Å². The van der Waals surface area contributed by atoms with Gasteiger partial charge in [-0.3, -0.25) is 0 Å². The van der Waals surface area contributed by atoms with Crippen molar-refractivity contribution in [1.82, 2.24) is 14.1 Å². The average molecular weight is 466 g/mol. The maximum absolute atomic E-state index is 14.9. The third-order valence-corrected chi connectivity index (χ3v) is 8.10. The van der Waals surface area contributed by atoms with Gasteiger partial charge in [0, 0.05) is 17.5 Å². The molecule has 0 amide bonds. The molecule has 164 valence electrons. The van der Waals surface area contributed by atoms with Gasteiger partial charge in [0.15, 0.2) is 0 Å². The Labute approximate surface area is 184 Å². The smallest absolute Gasteiger partial charge is 0.395 e. The Bertz CT molecular complexity index is 1320. The molecule has 0 spiro atoms. The number of aromatic nitrogens is 2. The highest BCUT2D eigenvalue weighted by atomic mass is 35.5. The molecule has 1 aromatic heterocycles. The van der Waals surface area contributed by atoms with Crippen molar-refractivity contribution in [3.8, 4) is 0 Å². The van der Waals surface area contributed by atoms with Crippen molar-refractivity contribution in [1.29, 1.82) is 0 Å². The second-order valence-corrected chi connectivity index (χ2v) is 9.97. The van der Waals surface area contributed by atoms with Crippen molar-refractivity contribution >= 4 is 21.6 Å². The molecular weight excluding hydrogens is 445 g/mol. The number of sulfonamides is 1. The zero-order chi connectivity index (χ0) is 22.5. The summed E-state index contributed by atoms with van der Waals surface area (Å²) >= 11 is 6.06. The molecule has 31 heavy (non-hydrogen) atoms. The van der Waals surface area contributed by atoms with Gasteiger partial charge in [-0.1, -0.05) is 30.7 Å². The Balaban J connectivity index is 1.91. The minimum absolute atomic E-state index is 0.0708. The van der Waals surface area contributed by atoms with E-state index in [0.29, 0.717) is 23.1 Å². The minimum Gasteiger partial charge on any atom is -0.395 e. The number of rotatable bonds is 4. The van der Waals surface area contributed by atoms with Crippen LogP contribution in [0.2, 0.25) is 5.02 Å². The first kappa shape index (κ1) is 21.7. The van der Waals surface area contributed by atoms with Crippen LogP contribution in [0.1, 0.15) is 41.3 Å². The van der Waals surface area contributed by atoms with Gasteiger partial charge >= 0.3 is 5.76 Å². The quantitative estimate of drug-likeness (QED) is 0.585. The van der Waals surface area contributed by atoms with Gasteiger partial charge in [-0.05, 0) is 60.7 Å². The normalized spacial score (nSPS) is 17.8. The van der Waals surface area contributed by atoms with Gasteiger partial charge in [0.1, 0.15) is 12.0 Å². The van der Waals surface area contributed by atoms with Crippen LogP contribution in [-0.4, -0.2) is 29.0 Å². The molecule has 4 rings (SSSR count). The first-order valence-electron chi connectivity index (χ1n) is 9.71. The highest BCUT2D eigenvalue weighted by Crippen LogP contribution is 2.40. The summed E-state index contributed by atoms with van der Waals surface area (Å²) in [4.78, 5) is 12.5. The van der Waals surface area contributed by atoms with Crippen LogP contribution in [0.4, 0.5) is 4.39 Å². The molecule has 3 aromatic rings. The van der Waals surface area contributed by atoms with Crippen LogP contribution in [0, 0.1) is 19.7 Å². The van der Waals surface area contributed by atoms with E-state index >= 15 is 0 Å². The van der Waals surface area contributed by atoms with Crippen molar-refractivity contribution in [2.45, 2.75) is 44.2 Å². The molecule has 0 saturated carbocycles. The first-order chi connectivity index (χ1) is 14.6. The number of nitrogens with zero attached hydrogens (tertiary/aromatic N) is 3. The number of hydrogen-bond donors (Lipinski definition) is 0. The van der Waals surface area contributed by atoms with Crippen LogP contribution in [0.5, 0.6) is 0 Å². The molecule has 0 saturated heterocycles. The lowest BCUT2D eigenvalue weighted by Crippen LogP contribution is -2.47. The van der Waals surface area contributed by atoms with E-state index in [4.69, 9.17) is 16.0 Å². The number of halogens is 2. The molecule has 2 aromatic carbocycles. The maximum atomic E-state index is 14.9. The van der Waals surface area contributed by atoms with E-state index in [2.05, 4.69) is 5.10 Å². The molecule has 2 heterocycles. The summed E-state index contributed by atoms with van der Waals surface area (Å²) in [6.07, 6.45) is 0.234. The van der Waals surface area contributed by atoms with Crippen LogP contribution < -0.4 is 5.76 Å². The molecule has 10 heteroatoms. The third kappa shape index (κ3) is 3.60. The van der Waals surface area contributed by atoms with Crippen LogP contribution in [0.3, 0.4) is 0 Å². The van der Waals surface area contributed by atoms with Gasteiger partial charge < -0.3 is 4.42 Å². The van der Waals surface area contributed by atoms with E-state index < -0.39 is 33.7 Å². The Morgan fingerprint density at radius 3 is 2.65 bits per heavy atom. The number of benzene rings is 2. The summed E-state index contributed by atoms with van der Waals surface area (Å²) < 4.78 is 49.0. The Morgan fingerprint density at radius 2 is 1.97 bits per heavy atom. The fourth-order valence-corrected chi connectivity index (χ4v) is 6.37. The van der Waals surface area contributed by atoms with Gasteiger partial charge in [-0.25, -0.2) is 17.6 Å². The van der Waals surface area contributed by atoms with Crippen molar-refractivity contribution in [2.75, 3.05) is 6.54 Å². The number of fused-ring (bicyclic) bond motifs is 1. The number of aryl methyl sites for hydroxylation is 1. The molecule has 0 aliphatic carbocycles. The first-order valence-corrected chi connectivity index (χ1v) is 11.5. The largest absolute Gasteiger partial charge is 0.438 e. The molecule has 1 aliphatic heterocycles. The summed E-state index contributed by atoms with van der Waals surface area (Å²) in [6, 6.07) is 7.71. The molecule has 1 unspecified atom stereocenters. The summed E-state index contributed by atoms with van der Waals surface area (Å²) in [5.74, 6) is -2.04. The zero-order valence-electron chi connectivity index (χ0n) is 17.2. The second kappa shape index (κ2) is 7.89. The van der Waals surface area contributed by atoms with E-state index in [1.807, 2.05) is 6.92 Å². The van der Waals surface area contributed by atoms with Crippen LogP contribution in [0.15, 0.2) is 50.8 Å². The molecule has 0 N–H and O–H groups in total. The molecular formula is C21H21ClFN3O4S. The second-order valence-electron chi connectivity index (χ2n) is 7.67. The minimum atomic E-state index is -4.05. The predicted octanol–water partition coefficient (Wildman–Crippen LogP) is 3.79. The van der Waals surface area contributed by atoms with E-state index in [1.54, 1.807) is 32.0 Å². The lowest BCUT2D eigenvalue weighted by atomic mass is 9.90. The summed E-state index contributed by atoms with van der Waals surface area (Å²) in [5, 5.41) is 4.23. The molecule has 0 fully saturated rings. The van der Waals surface area contributed by atoms with Gasteiger partial charge in [0.25, 0.3) is 0 Å². The lowest BCUT2D eigenvalue weighted by Gasteiger charge is -2.37. The van der Waals surface area contributed by atoms with Crippen molar-refractivity contribution in [2.24, 2.45) is 0 Å². The van der Waals surface area contributed by atoms with E-state index in [1.165, 1.54) is 16.4 Å². The average Bonchev–Trinajstić information content (AvgIpc) is 3.13. The topological polar surface area (TPSA) is 85.4 Å². The molecule has 2 atom stereocenters. The van der Waals surface area contributed by atoms with Gasteiger partial charge in [0.05, 0.1) is 4.90 Å². The van der Waals surface area contributed by atoms with Gasteiger partial charge in [-0.2, -0.15) is 8.99 Å². The highest BCUT2D eigenvalue weighted by molar-refractivity contribution is 7.89.